The lowest BCUT2D eigenvalue weighted by molar-refractivity contribution is -0.127. The fraction of sp³-hybridized carbons (Fsp3) is 0.526. The number of nitrogens with one attached hydrogen (secondary N) is 1. The van der Waals surface area contributed by atoms with Gasteiger partial charge in [0.15, 0.2) is 0 Å². The fourth-order valence-corrected chi connectivity index (χ4v) is 6.75. The molecular formula is C38H51Cl2N3O2. The molecular weight excluding hydrogens is 601 g/mol. The zero-order valence-corrected chi connectivity index (χ0v) is 29.5. The molecule has 1 amide bonds. The highest BCUT2D eigenvalue weighted by molar-refractivity contribution is 6.36. The Balaban J connectivity index is 1.61. The highest BCUT2D eigenvalue weighted by Crippen LogP contribution is 2.40. The molecule has 3 aromatic rings. The summed E-state index contributed by atoms with van der Waals surface area (Å²) in [4.78, 5) is 19.0. The average molecular weight is 653 g/mol. The SMILES string of the molecule is CCCCn1cc(-c2ccc(Cl)cc2Cl)nc1[C@H](Cc1ccc(OCCC=C(C)C)cc1)NC(=O)C1CCC(C(C)(C)C)CC1. The second-order valence-corrected chi connectivity index (χ2v) is 14.7. The predicted octanol–water partition coefficient (Wildman–Crippen LogP) is 10.6. The molecule has 0 unspecified atom stereocenters. The molecule has 0 bridgehead atoms. The summed E-state index contributed by atoms with van der Waals surface area (Å²) in [5.74, 6) is 2.50. The molecule has 1 aromatic heterocycles. The first-order chi connectivity index (χ1) is 21.4. The maximum Gasteiger partial charge on any atom is 0.223 e. The molecule has 0 radical (unpaired) electrons. The lowest BCUT2D eigenvalue weighted by atomic mass is 9.69. The van der Waals surface area contributed by atoms with E-state index in [4.69, 9.17) is 32.9 Å². The third-order valence-electron chi connectivity index (χ3n) is 9.02. The molecule has 0 spiro atoms. The van der Waals surface area contributed by atoms with Crippen molar-refractivity contribution in [3.05, 3.63) is 81.7 Å². The van der Waals surface area contributed by atoms with Crippen molar-refractivity contribution in [2.45, 2.75) is 105 Å². The van der Waals surface area contributed by atoms with Crippen molar-refractivity contribution in [2.24, 2.45) is 17.3 Å². The van der Waals surface area contributed by atoms with E-state index in [0.717, 1.165) is 79.9 Å². The highest BCUT2D eigenvalue weighted by atomic mass is 35.5. The summed E-state index contributed by atoms with van der Waals surface area (Å²) >= 11 is 12.8. The van der Waals surface area contributed by atoms with Gasteiger partial charge in [0, 0.05) is 29.2 Å². The van der Waals surface area contributed by atoms with Crippen LogP contribution in [0.15, 0.2) is 60.3 Å². The minimum atomic E-state index is -0.293. The van der Waals surface area contributed by atoms with Gasteiger partial charge >= 0.3 is 0 Å². The summed E-state index contributed by atoms with van der Waals surface area (Å²) in [6.45, 7) is 14.8. The molecule has 45 heavy (non-hydrogen) atoms. The maximum absolute atomic E-state index is 13.9. The van der Waals surface area contributed by atoms with Crippen LogP contribution in [0.5, 0.6) is 5.75 Å². The van der Waals surface area contributed by atoms with Crippen molar-refractivity contribution in [3.63, 3.8) is 0 Å². The second-order valence-electron chi connectivity index (χ2n) is 13.9. The Morgan fingerprint density at radius 2 is 1.80 bits per heavy atom. The number of benzene rings is 2. The number of halogens is 2. The molecule has 244 valence electrons. The number of unbranched alkanes of at least 4 members (excludes halogenated alkanes) is 1. The maximum atomic E-state index is 13.9. The van der Waals surface area contributed by atoms with E-state index in [9.17, 15) is 4.79 Å². The molecule has 1 N–H and O–H groups in total. The summed E-state index contributed by atoms with van der Waals surface area (Å²) in [5, 5.41) is 4.61. The number of rotatable bonds is 13. The van der Waals surface area contributed by atoms with Gasteiger partial charge in [-0.25, -0.2) is 4.98 Å². The number of amides is 1. The number of carbonyl (C=O) groups excluding carboxylic acids is 1. The minimum absolute atomic E-state index is 0.0203. The number of carbonyl (C=O) groups is 1. The summed E-state index contributed by atoms with van der Waals surface area (Å²) in [7, 11) is 0. The van der Waals surface area contributed by atoms with Crippen LogP contribution >= 0.6 is 23.2 Å². The van der Waals surface area contributed by atoms with Crippen LogP contribution in [0.1, 0.15) is 104 Å². The van der Waals surface area contributed by atoms with Crippen molar-refractivity contribution in [3.8, 4) is 17.0 Å². The smallest absolute Gasteiger partial charge is 0.223 e. The van der Waals surface area contributed by atoms with Crippen LogP contribution < -0.4 is 10.1 Å². The molecule has 0 saturated heterocycles. The molecule has 1 saturated carbocycles. The number of aromatic nitrogens is 2. The van der Waals surface area contributed by atoms with Crippen molar-refractivity contribution in [1.82, 2.24) is 14.9 Å². The molecule has 5 nitrogen and oxygen atoms in total. The number of hydrogen-bond donors (Lipinski definition) is 1. The molecule has 1 atom stereocenters. The van der Waals surface area contributed by atoms with Crippen LogP contribution in [0.25, 0.3) is 11.3 Å². The molecule has 4 rings (SSSR count). The zero-order chi connectivity index (χ0) is 32.6. The van der Waals surface area contributed by atoms with Gasteiger partial charge in [-0.3, -0.25) is 4.79 Å². The fourth-order valence-electron chi connectivity index (χ4n) is 6.24. The number of hydrogen-bond acceptors (Lipinski definition) is 3. The molecule has 7 heteroatoms. The Morgan fingerprint density at radius 3 is 2.42 bits per heavy atom. The molecule has 2 aromatic carbocycles. The second kappa shape index (κ2) is 16.2. The van der Waals surface area contributed by atoms with Crippen LogP contribution in [0.3, 0.4) is 0 Å². The minimum Gasteiger partial charge on any atom is -0.493 e. The van der Waals surface area contributed by atoms with E-state index in [0.29, 0.717) is 29.0 Å². The number of ether oxygens (including phenoxy) is 1. The van der Waals surface area contributed by atoms with Gasteiger partial charge in [0.2, 0.25) is 5.91 Å². The van der Waals surface area contributed by atoms with Gasteiger partial charge in [0.1, 0.15) is 11.6 Å². The van der Waals surface area contributed by atoms with Crippen LogP contribution in [0.2, 0.25) is 10.0 Å². The molecule has 1 fully saturated rings. The lowest BCUT2D eigenvalue weighted by Crippen LogP contribution is -2.38. The summed E-state index contributed by atoms with van der Waals surface area (Å²) in [6.07, 6.45) is 11.8. The first kappa shape index (κ1) is 35.1. The van der Waals surface area contributed by atoms with Gasteiger partial charge in [-0.1, -0.05) is 81.1 Å². The Labute approximate surface area is 280 Å². The third kappa shape index (κ3) is 10.1. The number of nitrogens with zero attached hydrogens (tertiary/aromatic N) is 2. The number of imidazole rings is 1. The quantitative estimate of drug-likeness (QED) is 0.148. The van der Waals surface area contributed by atoms with E-state index in [-0.39, 0.29) is 23.3 Å². The standard InChI is InChI=1S/C38H51Cl2N3O2/c1-7-8-21-43-25-35(32-20-17-30(39)24-33(32)40)41-36(43)34(42-37(44)28-13-15-29(16-14-28)38(4,5)6)23-27-11-18-31(19-12-27)45-22-9-10-26(2)3/h10-12,17-20,24-25,28-29,34H,7-9,13-16,21-23H2,1-6H3,(H,42,44)/t28?,29?,34-/m0/s1. The van der Waals surface area contributed by atoms with Gasteiger partial charge in [0.25, 0.3) is 0 Å². The summed E-state index contributed by atoms with van der Waals surface area (Å²) in [5.41, 5.74) is 4.30. The van der Waals surface area contributed by atoms with Gasteiger partial charge < -0.3 is 14.6 Å². The van der Waals surface area contributed by atoms with E-state index in [1.165, 1.54) is 5.57 Å². The molecule has 1 heterocycles. The van der Waals surface area contributed by atoms with Gasteiger partial charge in [0.05, 0.1) is 23.4 Å². The van der Waals surface area contributed by atoms with Crippen LogP contribution in [-0.2, 0) is 17.8 Å². The largest absolute Gasteiger partial charge is 0.493 e. The van der Waals surface area contributed by atoms with Crippen molar-refractivity contribution >= 4 is 29.1 Å². The van der Waals surface area contributed by atoms with Gasteiger partial charge in [-0.15, -0.1) is 0 Å². The van der Waals surface area contributed by atoms with E-state index in [1.807, 2.05) is 24.3 Å². The normalized spacial score (nSPS) is 17.5. The number of allylic oxidation sites excluding steroid dienone is 1. The van der Waals surface area contributed by atoms with Crippen LogP contribution in [0.4, 0.5) is 0 Å². The highest BCUT2D eigenvalue weighted by Gasteiger charge is 2.34. The Morgan fingerprint density at radius 1 is 1.09 bits per heavy atom. The average Bonchev–Trinajstić information content (AvgIpc) is 3.42. The Bertz CT molecular complexity index is 1430. The Kier molecular flexibility index (Phi) is 12.6. The summed E-state index contributed by atoms with van der Waals surface area (Å²) < 4.78 is 8.16. The summed E-state index contributed by atoms with van der Waals surface area (Å²) in [6, 6.07) is 13.4. The first-order valence-corrected chi connectivity index (χ1v) is 17.4. The zero-order valence-electron chi connectivity index (χ0n) is 28.0. The van der Waals surface area contributed by atoms with Crippen LogP contribution in [-0.4, -0.2) is 22.1 Å². The first-order valence-electron chi connectivity index (χ1n) is 16.6. The predicted molar refractivity (Wildman–Crippen MR) is 188 cm³/mol. The molecule has 1 aliphatic rings. The van der Waals surface area contributed by atoms with Crippen LogP contribution in [0, 0.1) is 17.3 Å². The van der Waals surface area contributed by atoms with Gasteiger partial charge in [-0.2, -0.15) is 0 Å². The van der Waals surface area contributed by atoms with Crippen molar-refractivity contribution in [1.29, 1.82) is 0 Å². The van der Waals surface area contributed by atoms with E-state index < -0.39 is 0 Å². The molecule has 0 aliphatic heterocycles. The van der Waals surface area contributed by atoms with E-state index in [2.05, 4.69) is 75.8 Å². The van der Waals surface area contributed by atoms with Crippen molar-refractivity contribution < 1.29 is 9.53 Å². The van der Waals surface area contributed by atoms with Crippen molar-refractivity contribution in [2.75, 3.05) is 6.61 Å². The van der Waals surface area contributed by atoms with E-state index >= 15 is 0 Å². The topological polar surface area (TPSA) is 56.1 Å². The Hall–Kier alpha value is -2.76. The van der Waals surface area contributed by atoms with Gasteiger partial charge in [-0.05, 0) is 106 Å². The lowest BCUT2D eigenvalue weighted by Gasteiger charge is -2.36. The van der Waals surface area contributed by atoms with E-state index in [1.54, 1.807) is 6.07 Å². The number of aryl methyl sites for hydroxylation is 1. The third-order valence-corrected chi connectivity index (χ3v) is 9.57. The monoisotopic (exact) mass is 651 g/mol. The molecule has 1 aliphatic carbocycles.